The molecule has 45 heavy (non-hydrogen) atoms. The molecule has 1 saturated heterocycles. The minimum atomic E-state index is -0.644. The Balaban J connectivity index is 1.33. The molecule has 0 aromatic heterocycles. The molecule has 0 radical (unpaired) electrons. The molecule has 0 bridgehead atoms. The molecule has 3 atom stereocenters. The molecule has 0 saturated carbocycles. The van der Waals surface area contributed by atoms with Gasteiger partial charge in [0.15, 0.2) is 0 Å². The van der Waals surface area contributed by atoms with Gasteiger partial charge in [0.05, 0.1) is 6.04 Å². The number of nitrogens with zero attached hydrogens (tertiary/aromatic N) is 2. The normalized spacial score (nSPS) is 16.8. The van der Waals surface area contributed by atoms with Crippen LogP contribution in [0.25, 0.3) is 10.8 Å². The summed E-state index contributed by atoms with van der Waals surface area (Å²) in [7, 11) is 1.65. The highest BCUT2D eigenvalue weighted by molar-refractivity contribution is 5.84. The maximum atomic E-state index is 14.5. The summed E-state index contributed by atoms with van der Waals surface area (Å²) in [5.41, 5.74) is 2.24. The number of piperazine rings is 1. The van der Waals surface area contributed by atoms with Gasteiger partial charge in [-0.2, -0.15) is 0 Å². The number of hydrogen-bond donors (Lipinski definition) is 1. The molecular formula is C37H40F3N3O2. The molecule has 4 aromatic carbocycles. The zero-order valence-electron chi connectivity index (χ0n) is 25.8. The minimum absolute atomic E-state index is 0.0423. The van der Waals surface area contributed by atoms with E-state index in [-0.39, 0.29) is 36.1 Å². The van der Waals surface area contributed by atoms with Crippen molar-refractivity contribution in [2.24, 2.45) is 5.92 Å². The van der Waals surface area contributed by atoms with E-state index in [1.165, 1.54) is 24.3 Å². The lowest BCUT2D eigenvalue weighted by Gasteiger charge is -2.45. The summed E-state index contributed by atoms with van der Waals surface area (Å²) in [6.45, 7) is 3.57. The van der Waals surface area contributed by atoms with E-state index in [4.69, 9.17) is 0 Å². The summed E-state index contributed by atoms with van der Waals surface area (Å²) in [6, 6.07) is 23.5. The average Bonchev–Trinajstić information content (AvgIpc) is 3.06. The lowest BCUT2D eigenvalue weighted by Crippen LogP contribution is -2.61. The maximum absolute atomic E-state index is 14.5. The van der Waals surface area contributed by atoms with E-state index in [2.05, 4.69) is 40.5 Å². The Kier molecular flexibility index (Phi) is 10.6. The molecule has 1 aliphatic heterocycles. The number of benzene rings is 4. The van der Waals surface area contributed by atoms with Crippen LogP contribution in [0.1, 0.15) is 36.5 Å². The summed E-state index contributed by atoms with van der Waals surface area (Å²) in [5, 5.41) is 5.11. The van der Waals surface area contributed by atoms with E-state index in [9.17, 15) is 22.8 Å². The standard InChI is InChI=1S/C37H40F3N3O2/c1-3-33-24-42(35(36(44)41-2)22-26-8-11-27-6-4-5-7-29(27)21-26)18-19-43(33)37(45)30(20-25-9-15-31(38)16-10-25)13-12-28-14-17-32(39)23-34(28)40/h4-11,14-17,21,23,30,33,35H,3,12-13,18-20,22,24H2,1-2H3,(H,41,44). The van der Waals surface area contributed by atoms with Crippen molar-refractivity contribution in [3.8, 4) is 0 Å². The number of amides is 2. The molecule has 0 aliphatic carbocycles. The summed E-state index contributed by atoms with van der Waals surface area (Å²) in [5.74, 6) is -2.21. The van der Waals surface area contributed by atoms with E-state index in [1.807, 2.05) is 24.0 Å². The topological polar surface area (TPSA) is 52.7 Å². The van der Waals surface area contributed by atoms with Crippen molar-refractivity contribution < 1.29 is 22.8 Å². The number of likely N-dealkylation sites (N-methyl/N-ethyl adjacent to an activating group) is 1. The molecule has 1 N–H and O–H groups in total. The molecule has 5 nitrogen and oxygen atoms in total. The summed E-state index contributed by atoms with van der Waals surface area (Å²) < 4.78 is 41.6. The van der Waals surface area contributed by atoms with Crippen LogP contribution in [0, 0.1) is 23.4 Å². The average molecular weight is 616 g/mol. The SMILES string of the molecule is CCC1CN(C(Cc2ccc3ccccc3c2)C(=O)NC)CCN1C(=O)C(CCc1ccc(F)cc1F)Cc1ccc(F)cc1. The predicted molar refractivity (Wildman–Crippen MR) is 171 cm³/mol. The smallest absolute Gasteiger partial charge is 0.237 e. The number of carbonyl (C=O) groups is 2. The van der Waals surface area contributed by atoms with E-state index >= 15 is 0 Å². The highest BCUT2D eigenvalue weighted by atomic mass is 19.1. The van der Waals surface area contributed by atoms with E-state index in [0.717, 1.165) is 28.0 Å². The number of fused-ring (bicyclic) bond motifs is 1. The lowest BCUT2D eigenvalue weighted by molar-refractivity contribution is -0.142. The predicted octanol–water partition coefficient (Wildman–Crippen LogP) is 6.33. The zero-order chi connectivity index (χ0) is 31.9. The molecule has 1 fully saturated rings. The second kappa shape index (κ2) is 14.7. The van der Waals surface area contributed by atoms with Crippen LogP contribution in [0.4, 0.5) is 13.2 Å². The molecule has 3 unspecified atom stereocenters. The highest BCUT2D eigenvalue weighted by Crippen LogP contribution is 2.26. The summed E-state index contributed by atoms with van der Waals surface area (Å²) in [4.78, 5) is 31.4. The van der Waals surface area contributed by atoms with Crippen molar-refractivity contribution in [2.45, 2.75) is 51.1 Å². The van der Waals surface area contributed by atoms with Crippen molar-refractivity contribution in [1.82, 2.24) is 15.1 Å². The molecule has 236 valence electrons. The number of carbonyl (C=O) groups excluding carboxylic acids is 2. The fraction of sp³-hybridized carbons (Fsp3) is 0.351. The van der Waals surface area contributed by atoms with Crippen LogP contribution in [0.5, 0.6) is 0 Å². The Morgan fingerprint density at radius 1 is 0.844 bits per heavy atom. The van der Waals surface area contributed by atoms with Crippen LogP contribution in [-0.4, -0.2) is 60.4 Å². The van der Waals surface area contributed by atoms with E-state index < -0.39 is 17.6 Å². The molecule has 1 aliphatic rings. The molecule has 5 rings (SSSR count). The van der Waals surface area contributed by atoms with E-state index in [1.54, 1.807) is 19.2 Å². The van der Waals surface area contributed by atoms with Gasteiger partial charge >= 0.3 is 0 Å². The fourth-order valence-corrected chi connectivity index (χ4v) is 6.45. The quantitative estimate of drug-likeness (QED) is 0.215. The number of halogens is 3. The van der Waals surface area contributed by atoms with Crippen molar-refractivity contribution in [2.75, 3.05) is 26.7 Å². The third-order valence-electron chi connectivity index (χ3n) is 9.02. The van der Waals surface area contributed by atoms with Crippen LogP contribution in [0.15, 0.2) is 84.9 Å². The van der Waals surface area contributed by atoms with Gasteiger partial charge in [0, 0.05) is 44.7 Å². The Morgan fingerprint density at radius 3 is 2.27 bits per heavy atom. The van der Waals surface area contributed by atoms with Crippen molar-refractivity contribution in [3.63, 3.8) is 0 Å². The Labute approximate surface area is 263 Å². The Hall–Kier alpha value is -4.17. The molecule has 8 heteroatoms. The largest absolute Gasteiger partial charge is 0.358 e. The number of hydrogen-bond acceptors (Lipinski definition) is 3. The van der Waals surface area contributed by atoms with E-state index in [0.29, 0.717) is 50.9 Å². The lowest BCUT2D eigenvalue weighted by atomic mass is 9.90. The first-order valence-corrected chi connectivity index (χ1v) is 15.7. The maximum Gasteiger partial charge on any atom is 0.237 e. The fourth-order valence-electron chi connectivity index (χ4n) is 6.45. The molecule has 2 amide bonds. The molecule has 0 spiro atoms. The first-order valence-electron chi connectivity index (χ1n) is 15.7. The van der Waals surface area contributed by atoms with Crippen LogP contribution in [0.2, 0.25) is 0 Å². The van der Waals surface area contributed by atoms with Gasteiger partial charge in [-0.25, -0.2) is 13.2 Å². The number of aryl methyl sites for hydroxylation is 1. The van der Waals surface area contributed by atoms with Crippen molar-refractivity contribution in [1.29, 1.82) is 0 Å². The Bertz CT molecular complexity index is 1630. The number of nitrogens with one attached hydrogen (secondary N) is 1. The highest BCUT2D eigenvalue weighted by Gasteiger charge is 2.37. The van der Waals surface area contributed by atoms with Crippen LogP contribution in [0.3, 0.4) is 0 Å². The van der Waals surface area contributed by atoms with Gasteiger partial charge in [-0.1, -0.05) is 67.6 Å². The van der Waals surface area contributed by atoms with Crippen molar-refractivity contribution in [3.05, 3.63) is 119 Å². The van der Waals surface area contributed by atoms with Crippen molar-refractivity contribution >= 4 is 22.6 Å². The third-order valence-corrected chi connectivity index (χ3v) is 9.02. The van der Waals surface area contributed by atoms with Gasteiger partial charge < -0.3 is 10.2 Å². The van der Waals surface area contributed by atoms with Crippen LogP contribution in [-0.2, 0) is 28.9 Å². The van der Waals surface area contributed by atoms with Gasteiger partial charge in [0.1, 0.15) is 17.5 Å². The monoisotopic (exact) mass is 615 g/mol. The summed E-state index contributed by atoms with van der Waals surface area (Å²) in [6.07, 6.45) is 2.25. The Morgan fingerprint density at radius 2 is 1.56 bits per heavy atom. The van der Waals surface area contributed by atoms with Gasteiger partial charge in [-0.15, -0.1) is 0 Å². The summed E-state index contributed by atoms with van der Waals surface area (Å²) >= 11 is 0. The second-order valence-corrected chi connectivity index (χ2v) is 11.9. The van der Waals surface area contributed by atoms with Gasteiger partial charge in [0.2, 0.25) is 11.8 Å². The second-order valence-electron chi connectivity index (χ2n) is 11.9. The van der Waals surface area contributed by atoms with Crippen LogP contribution < -0.4 is 5.32 Å². The van der Waals surface area contributed by atoms with Crippen LogP contribution >= 0.6 is 0 Å². The first-order chi connectivity index (χ1) is 21.7. The zero-order valence-corrected chi connectivity index (χ0v) is 25.8. The molecular weight excluding hydrogens is 575 g/mol. The first kappa shape index (κ1) is 32.2. The van der Waals surface area contributed by atoms with Gasteiger partial charge in [-0.05, 0) is 77.8 Å². The number of rotatable bonds is 11. The van der Waals surface area contributed by atoms with Gasteiger partial charge in [-0.3, -0.25) is 14.5 Å². The minimum Gasteiger partial charge on any atom is -0.358 e. The third kappa shape index (κ3) is 7.92. The van der Waals surface area contributed by atoms with Gasteiger partial charge in [0.25, 0.3) is 0 Å². The molecule has 4 aromatic rings. The molecule has 1 heterocycles.